The number of nitrogens with two attached hydrogens (primary N) is 1. The number of hydrogen-bond donors (Lipinski definition) is 1. The molecule has 2 aromatic rings. The Bertz CT molecular complexity index is 504. The maximum atomic E-state index is 5.62. The molecule has 6 nitrogen and oxygen atoms in total. The summed E-state index contributed by atoms with van der Waals surface area (Å²) < 4.78 is 10.9. The van der Waals surface area contributed by atoms with Gasteiger partial charge in [-0.2, -0.15) is 4.98 Å². The second-order valence-corrected chi connectivity index (χ2v) is 4.16. The van der Waals surface area contributed by atoms with E-state index in [0.717, 1.165) is 18.4 Å². The Kier molecular flexibility index (Phi) is 4.46. The van der Waals surface area contributed by atoms with E-state index in [1.807, 2.05) is 6.92 Å². The van der Waals surface area contributed by atoms with Crippen molar-refractivity contribution in [3.8, 4) is 11.5 Å². The summed E-state index contributed by atoms with van der Waals surface area (Å²) in [7, 11) is 0. The van der Waals surface area contributed by atoms with E-state index in [0.29, 0.717) is 24.1 Å². The van der Waals surface area contributed by atoms with Gasteiger partial charge in [0.1, 0.15) is 11.9 Å². The smallest absolute Gasteiger partial charge is 0.259 e. The summed E-state index contributed by atoms with van der Waals surface area (Å²) in [6, 6.07) is 3.50. The van der Waals surface area contributed by atoms with E-state index >= 15 is 0 Å². The fourth-order valence-corrected chi connectivity index (χ4v) is 1.77. The van der Waals surface area contributed by atoms with Crippen LogP contribution in [0.15, 0.2) is 22.9 Å². The maximum absolute atomic E-state index is 5.62. The van der Waals surface area contributed by atoms with Crippen LogP contribution in [-0.4, -0.2) is 21.7 Å². The summed E-state index contributed by atoms with van der Waals surface area (Å²) >= 11 is 0. The normalized spacial score (nSPS) is 12.5. The molecule has 1 unspecified atom stereocenters. The van der Waals surface area contributed by atoms with Crippen molar-refractivity contribution in [3.63, 3.8) is 0 Å². The van der Waals surface area contributed by atoms with Gasteiger partial charge in [0.2, 0.25) is 5.82 Å². The van der Waals surface area contributed by atoms with Gasteiger partial charge in [-0.25, -0.2) is 4.98 Å². The molecule has 0 spiro atoms. The minimum Gasteiger partial charge on any atom is -0.384 e. The first-order valence-corrected chi connectivity index (χ1v) is 6.41. The van der Waals surface area contributed by atoms with E-state index < -0.39 is 0 Å². The van der Waals surface area contributed by atoms with Crippen LogP contribution in [0.3, 0.4) is 0 Å². The van der Waals surface area contributed by atoms with Crippen molar-refractivity contribution in [2.75, 3.05) is 12.3 Å². The van der Waals surface area contributed by atoms with Gasteiger partial charge < -0.3 is 15.0 Å². The minimum absolute atomic E-state index is 0.116. The Morgan fingerprint density at radius 1 is 1.37 bits per heavy atom. The zero-order valence-electron chi connectivity index (χ0n) is 11.2. The highest BCUT2D eigenvalue weighted by molar-refractivity contribution is 5.53. The summed E-state index contributed by atoms with van der Waals surface area (Å²) in [4.78, 5) is 8.37. The average molecular weight is 262 g/mol. The first-order valence-electron chi connectivity index (χ1n) is 6.41. The first kappa shape index (κ1) is 13.5. The predicted molar refractivity (Wildman–Crippen MR) is 71.2 cm³/mol. The van der Waals surface area contributed by atoms with Crippen LogP contribution in [0.1, 0.15) is 38.6 Å². The van der Waals surface area contributed by atoms with Gasteiger partial charge in [0.15, 0.2) is 0 Å². The molecule has 19 heavy (non-hydrogen) atoms. The van der Waals surface area contributed by atoms with Crippen LogP contribution in [0.25, 0.3) is 11.5 Å². The third-order valence-electron chi connectivity index (χ3n) is 2.68. The summed E-state index contributed by atoms with van der Waals surface area (Å²) in [5, 5.41) is 3.98. The van der Waals surface area contributed by atoms with Crippen LogP contribution in [0, 0.1) is 0 Å². The van der Waals surface area contributed by atoms with Gasteiger partial charge in [-0.15, -0.1) is 0 Å². The Balaban J connectivity index is 2.19. The van der Waals surface area contributed by atoms with Crippen LogP contribution < -0.4 is 5.73 Å². The molecule has 0 aliphatic heterocycles. The minimum atomic E-state index is -0.116. The fourth-order valence-electron chi connectivity index (χ4n) is 1.77. The molecule has 0 radical (unpaired) electrons. The second-order valence-electron chi connectivity index (χ2n) is 4.16. The van der Waals surface area contributed by atoms with Crippen molar-refractivity contribution in [1.82, 2.24) is 15.1 Å². The number of rotatable bonds is 6. The Labute approximate surface area is 112 Å². The third-order valence-corrected chi connectivity index (χ3v) is 2.68. The topological polar surface area (TPSA) is 87.1 Å². The van der Waals surface area contributed by atoms with E-state index in [1.54, 1.807) is 18.3 Å². The van der Waals surface area contributed by atoms with E-state index in [2.05, 4.69) is 22.0 Å². The number of nitrogen functional groups attached to an aromatic ring is 1. The highest BCUT2D eigenvalue weighted by Gasteiger charge is 2.18. The van der Waals surface area contributed by atoms with Gasteiger partial charge in [0.25, 0.3) is 5.89 Å². The molecule has 1 atom stereocenters. The molecule has 2 rings (SSSR count). The SMILES string of the molecule is CCCC(OCC)c1noc(-c2ccc(N)nc2)n1. The highest BCUT2D eigenvalue weighted by atomic mass is 16.5. The lowest BCUT2D eigenvalue weighted by Gasteiger charge is -2.11. The van der Waals surface area contributed by atoms with Crippen LogP contribution in [-0.2, 0) is 4.74 Å². The van der Waals surface area contributed by atoms with Gasteiger partial charge in [0.05, 0.1) is 5.56 Å². The summed E-state index contributed by atoms with van der Waals surface area (Å²) in [6.07, 6.45) is 3.36. The number of nitrogens with zero attached hydrogens (tertiary/aromatic N) is 3. The molecule has 6 heteroatoms. The molecule has 0 amide bonds. The molecule has 2 aromatic heterocycles. The number of aromatic nitrogens is 3. The van der Waals surface area contributed by atoms with Crippen molar-refractivity contribution in [1.29, 1.82) is 0 Å². The van der Waals surface area contributed by atoms with E-state index in [9.17, 15) is 0 Å². The molecule has 2 N–H and O–H groups in total. The summed E-state index contributed by atoms with van der Waals surface area (Å²) in [5.74, 6) is 1.47. The standard InChI is InChI=1S/C13H18N4O2/c1-3-5-10(18-4-2)12-16-13(19-17-12)9-6-7-11(14)15-8-9/h6-8,10H,3-5H2,1-2H3,(H2,14,15). The largest absolute Gasteiger partial charge is 0.384 e. The molecule has 102 valence electrons. The van der Waals surface area contributed by atoms with Gasteiger partial charge in [0, 0.05) is 12.8 Å². The third kappa shape index (κ3) is 3.29. The van der Waals surface area contributed by atoms with Crippen molar-refractivity contribution in [2.45, 2.75) is 32.8 Å². The van der Waals surface area contributed by atoms with Crippen molar-refractivity contribution >= 4 is 5.82 Å². The molecular weight excluding hydrogens is 244 g/mol. The maximum Gasteiger partial charge on any atom is 0.259 e. The van der Waals surface area contributed by atoms with Gasteiger partial charge in [-0.05, 0) is 25.5 Å². The number of ether oxygens (including phenoxy) is 1. The van der Waals surface area contributed by atoms with E-state index in [4.69, 9.17) is 15.0 Å². The van der Waals surface area contributed by atoms with Gasteiger partial charge >= 0.3 is 0 Å². The zero-order valence-corrected chi connectivity index (χ0v) is 11.2. The Morgan fingerprint density at radius 3 is 2.84 bits per heavy atom. The van der Waals surface area contributed by atoms with E-state index in [-0.39, 0.29) is 6.10 Å². The van der Waals surface area contributed by atoms with Gasteiger partial charge in [-0.3, -0.25) is 0 Å². The lowest BCUT2D eigenvalue weighted by molar-refractivity contribution is 0.0478. The summed E-state index contributed by atoms with van der Waals surface area (Å²) in [6.45, 7) is 4.67. The second kappa shape index (κ2) is 6.29. The van der Waals surface area contributed by atoms with Crippen LogP contribution in [0.2, 0.25) is 0 Å². The van der Waals surface area contributed by atoms with Crippen molar-refractivity contribution in [3.05, 3.63) is 24.2 Å². The molecule has 0 saturated carbocycles. The quantitative estimate of drug-likeness (QED) is 0.861. The number of anilines is 1. The lowest BCUT2D eigenvalue weighted by Crippen LogP contribution is -2.05. The molecule has 0 bridgehead atoms. The average Bonchev–Trinajstić information content (AvgIpc) is 2.89. The molecule has 0 aliphatic carbocycles. The first-order chi connectivity index (χ1) is 9.24. The molecule has 0 aliphatic rings. The molecular formula is C13H18N4O2. The van der Waals surface area contributed by atoms with Crippen LogP contribution in [0.4, 0.5) is 5.82 Å². The highest BCUT2D eigenvalue weighted by Crippen LogP contribution is 2.23. The molecule has 0 fully saturated rings. The molecule has 2 heterocycles. The Hall–Kier alpha value is -1.95. The Morgan fingerprint density at radius 2 is 2.21 bits per heavy atom. The monoisotopic (exact) mass is 262 g/mol. The zero-order chi connectivity index (χ0) is 13.7. The number of hydrogen-bond acceptors (Lipinski definition) is 6. The fraction of sp³-hybridized carbons (Fsp3) is 0.462. The molecule has 0 aromatic carbocycles. The van der Waals surface area contributed by atoms with Crippen molar-refractivity contribution in [2.24, 2.45) is 0 Å². The lowest BCUT2D eigenvalue weighted by atomic mass is 10.2. The van der Waals surface area contributed by atoms with Gasteiger partial charge in [-0.1, -0.05) is 18.5 Å². The predicted octanol–water partition coefficient (Wildman–Crippen LogP) is 2.59. The number of pyridine rings is 1. The van der Waals surface area contributed by atoms with Crippen LogP contribution >= 0.6 is 0 Å². The molecule has 0 saturated heterocycles. The van der Waals surface area contributed by atoms with E-state index in [1.165, 1.54) is 0 Å². The van der Waals surface area contributed by atoms with Crippen LogP contribution in [0.5, 0.6) is 0 Å². The van der Waals surface area contributed by atoms with Crippen molar-refractivity contribution < 1.29 is 9.26 Å². The summed E-state index contributed by atoms with van der Waals surface area (Å²) in [5.41, 5.74) is 6.29.